The zero-order valence-corrected chi connectivity index (χ0v) is 22.7. The maximum Gasteiger partial charge on any atom is 0.227 e. The fraction of sp³-hybridized carbons (Fsp3) is 0.407. The highest BCUT2D eigenvalue weighted by atomic mass is 35.5. The Morgan fingerprint density at radius 1 is 1.23 bits per heavy atom. The van der Waals surface area contributed by atoms with Crippen molar-refractivity contribution in [3.05, 3.63) is 78.8 Å². The van der Waals surface area contributed by atoms with E-state index >= 15 is 0 Å². The predicted molar refractivity (Wildman–Crippen MR) is 150 cm³/mol. The number of anilines is 2. The van der Waals surface area contributed by atoms with Crippen LogP contribution in [0.15, 0.2) is 78.0 Å². The van der Waals surface area contributed by atoms with Crippen LogP contribution in [0.3, 0.4) is 0 Å². The summed E-state index contributed by atoms with van der Waals surface area (Å²) in [4.78, 5) is 12.4. The molecular weight excluding hydrogens is 483 g/mol. The number of aromatic nitrogens is 2. The second-order valence-corrected chi connectivity index (χ2v) is 9.89. The summed E-state index contributed by atoms with van der Waals surface area (Å²) in [5, 5.41) is 4.04. The number of aryl methyl sites for hydroxylation is 1. The number of nitrogens with one attached hydrogen (secondary N) is 1. The average Bonchev–Trinajstić information content (AvgIpc) is 3.25. The van der Waals surface area contributed by atoms with Crippen molar-refractivity contribution in [3.63, 3.8) is 0 Å². The number of piperidine rings is 1. The number of nitrogens with zero attached hydrogens (tertiary/aromatic N) is 3. The molecule has 1 fully saturated rings. The van der Waals surface area contributed by atoms with Gasteiger partial charge in [0.25, 0.3) is 0 Å². The molecule has 0 spiro atoms. The lowest BCUT2D eigenvalue weighted by Gasteiger charge is -2.33. The molecule has 2 aliphatic rings. The predicted octanol–water partition coefficient (Wildman–Crippen LogP) is 6.89. The van der Waals surface area contributed by atoms with Crippen LogP contribution in [0.25, 0.3) is 0 Å². The normalized spacial score (nSPS) is 18.9. The largest absolute Gasteiger partial charge is 0.365 e. The van der Waals surface area contributed by atoms with Gasteiger partial charge < -0.3 is 10.2 Å². The Balaban J connectivity index is 0.00000145. The lowest BCUT2D eigenvalue weighted by Crippen LogP contribution is -2.35. The Morgan fingerprint density at radius 2 is 1.89 bits per heavy atom. The van der Waals surface area contributed by atoms with E-state index in [2.05, 4.69) is 55.6 Å². The molecule has 2 aliphatic heterocycles. The molecule has 0 amide bonds. The van der Waals surface area contributed by atoms with Gasteiger partial charge in [-0.15, -0.1) is 26.3 Å². The Bertz CT molecular complexity index is 972. The maximum absolute atomic E-state index is 12.8. The van der Waals surface area contributed by atoms with Gasteiger partial charge in [-0.05, 0) is 57.3 Å². The van der Waals surface area contributed by atoms with Crippen LogP contribution >= 0.6 is 11.6 Å². The Kier molecular flexibility index (Phi) is 14.1. The molecule has 0 saturated carbocycles. The van der Waals surface area contributed by atoms with E-state index in [0.29, 0.717) is 41.3 Å². The molecule has 1 unspecified atom stereocenters. The summed E-state index contributed by atoms with van der Waals surface area (Å²) in [5.41, 5.74) is 2.15. The molecule has 1 atom stereocenters. The van der Waals surface area contributed by atoms with Gasteiger partial charge in [0.05, 0.1) is 22.3 Å². The van der Waals surface area contributed by atoms with Crippen LogP contribution in [0.5, 0.6) is 0 Å². The van der Waals surface area contributed by atoms with Crippen molar-refractivity contribution < 1.29 is 8.60 Å². The van der Waals surface area contributed by atoms with Gasteiger partial charge in [-0.3, -0.25) is 4.21 Å². The SMILES string of the molecule is C/C=C(\C=C(/C)Cl)C1CCN(c2nc3c(c(NC/C=C\C=C(/C)F)n2)S(=O)CC3)CC1.C=C.C=C. The van der Waals surface area contributed by atoms with Gasteiger partial charge in [-0.1, -0.05) is 29.8 Å². The van der Waals surface area contributed by atoms with Crippen LogP contribution in [0.4, 0.5) is 16.2 Å². The van der Waals surface area contributed by atoms with Crippen LogP contribution in [-0.2, 0) is 17.2 Å². The first-order chi connectivity index (χ1) is 16.9. The van der Waals surface area contributed by atoms with E-state index in [1.165, 1.54) is 18.6 Å². The van der Waals surface area contributed by atoms with Crippen molar-refractivity contribution in [2.24, 2.45) is 5.92 Å². The molecule has 1 N–H and O–H groups in total. The third-order valence-corrected chi connectivity index (χ3v) is 7.04. The van der Waals surface area contributed by atoms with E-state index in [1.54, 1.807) is 6.08 Å². The Morgan fingerprint density at radius 3 is 2.46 bits per heavy atom. The molecule has 3 rings (SSSR count). The van der Waals surface area contributed by atoms with Crippen molar-refractivity contribution >= 4 is 34.2 Å². The molecule has 0 aliphatic carbocycles. The summed E-state index contributed by atoms with van der Waals surface area (Å²) in [6.07, 6.45) is 11.8. The molecule has 0 bridgehead atoms. The van der Waals surface area contributed by atoms with Gasteiger partial charge in [-0.2, -0.15) is 4.98 Å². The average molecular weight is 521 g/mol. The number of hydrogen-bond donors (Lipinski definition) is 1. The molecule has 0 aromatic carbocycles. The highest BCUT2D eigenvalue weighted by Crippen LogP contribution is 2.32. The van der Waals surface area contributed by atoms with Gasteiger partial charge in [-0.25, -0.2) is 9.37 Å². The number of allylic oxidation sites excluding steroid dienone is 7. The number of hydrogen-bond acceptors (Lipinski definition) is 5. The summed E-state index contributed by atoms with van der Waals surface area (Å²) >= 11 is 6.09. The second kappa shape index (κ2) is 16.2. The van der Waals surface area contributed by atoms with Crippen molar-refractivity contribution in [3.8, 4) is 0 Å². The molecular formula is C27H38ClFN4OS. The second-order valence-electron chi connectivity index (χ2n) is 7.79. The summed E-state index contributed by atoms with van der Waals surface area (Å²) in [7, 11) is -1.08. The third-order valence-electron chi connectivity index (χ3n) is 5.47. The lowest BCUT2D eigenvalue weighted by atomic mass is 9.88. The van der Waals surface area contributed by atoms with Crippen LogP contribution in [0.1, 0.15) is 39.3 Å². The minimum absolute atomic E-state index is 0.247. The fourth-order valence-corrected chi connectivity index (χ4v) is 5.40. The van der Waals surface area contributed by atoms with Crippen LogP contribution < -0.4 is 10.2 Å². The number of fused-ring (bicyclic) bond motifs is 1. The van der Waals surface area contributed by atoms with Gasteiger partial charge >= 0.3 is 0 Å². The summed E-state index contributed by atoms with van der Waals surface area (Å²) in [6, 6.07) is 0. The summed E-state index contributed by atoms with van der Waals surface area (Å²) in [5.74, 6) is 2.13. The quantitative estimate of drug-likeness (QED) is 0.313. The zero-order valence-electron chi connectivity index (χ0n) is 21.2. The minimum Gasteiger partial charge on any atom is -0.365 e. The molecule has 1 aromatic heterocycles. The monoisotopic (exact) mass is 520 g/mol. The third kappa shape index (κ3) is 9.22. The van der Waals surface area contributed by atoms with Crippen LogP contribution in [0, 0.1) is 5.92 Å². The topological polar surface area (TPSA) is 58.1 Å². The molecule has 192 valence electrons. The molecule has 8 heteroatoms. The Hall–Kier alpha value is -2.51. The first-order valence-electron chi connectivity index (χ1n) is 11.7. The van der Waals surface area contributed by atoms with Crippen molar-refractivity contribution in [2.75, 3.05) is 35.6 Å². The van der Waals surface area contributed by atoms with E-state index in [0.717, 1.165) is 36.7 Å². The number of rotatable bonds is 7. The highest BCUT2D eigenvalue weighted by molar-refractivity contribution is 7.85. The maximum atomic E-state index is 12.8. The molecule has 35 heavy (non-hydrogen) atoms. The number of halogens is 2. The summed E-state index contributed by atoms with van der Waals surface area (Å²) in [6.45, 7) is 19.6. The van der Waals surface area contributed by atoms with Crippen molar-refractivity contribution in [2.45, 2.75) is 44.9 Å². The van der Waals surface area contributed by atoms with Gasteiger partial charge in [0.15, 0.2) is 0 Å². The molecule has 1 aromatic rings. The lowest BCUT2D eigenvalue weighted by molar-refractivity contribution is 0.459. The highest BCUT2D eigenvalue weighted by Gasteiger charge is 2.29. The van der Waals surface area contributed by atoms with Crippen molar-refractivity contribution in [1.29, 1.82) is 0 Å². The van der Waals surface area contributed by atoms with E-state index in [4.69, 9.17) is 21.6 Å². The molecule has 1 saturated heterocycles. The van der Waals surface area contributed by atoms with Crippen molar-refractivity contribution in [1.82, 2.24) is 9.97 Å². The minimum atomic E-state index is -1.08. The van der Waals surface area contributed by atoms with Crippen LogP contribution in [-0.4, -0.2) is 39.6 Å². The summed E-state index contributed by atoms with van der Waals surface area (Å²) < 4.78 is 25.3. The van der Waals surface area contributed by atoms with Crippen LogP contribution in [0.2, 0.25) is 0 Å². The van der Waals surface area contributed by atoms with E-state index < -0.39 is 10.8 Å². The smallest absolute Gasteiger partial charge is 0.227 e. The van der Waals surface area contributed by atoms with Gasteiger partial charge in [0.1, 0.15) is 10.7 Å². The van der Waals surface area contributed by atoms with E-state index in [-0.39, 0.29) is 5.83 Å². The first-order valence-corrected chi connectivity index (χ1v) is 13.4. The molecule has 0 radical (unpaired) electrons. The van der Waals surface area contributed by atoms with Gasteiger partial charge in [0.2, 0.25) is 5.95 Å². The molecule has 3 heterocycles. The molecule has 5 nitrogen and oxygen atoms in total. The zero-order chi connectivity index (χ0) is 26.4. The van der Waals surface area contributed by atoms with E-state index in [9.17, 15) is 8.60 Å². The Labute approximate surface area is 217 Å². The first kappa shape index (κ1) is 30.5. The standard InChI is InChI=1S/C23H30ClFN4OS.2C2H4/c1-4-18(15-16(2)24)19-8-12-29(13-9-19)23-27-20-10-14-31(30)21(20)22(28-23)26-11-6-5-7-17(3)25;2*1-2/h4-7,15,19H,8-14H2,1-3H3,(H,26,27,28);2*1-2H2/b6-5-,16-15+,17-7+,18-4+;;. The fourth-order valence-electron chi connectivity index (χ4n) is 3.95. The van der Waals surface area contributed by atoms with Gasteiger partial charge in [0, 0.05) is 36.8 Å². The van der Waals surface area contributed by atoms with E-state index in [1.807, 2.05) is 13.0 Å².